The molecule has 2 atom stereocenters. The van der Waals surface area contributed by atoms with Crippen molar-refractivity contribution in [2.75, 3.05) is 0 Å². The average molecular weight is 180 g/mol. The largest absolute Gasteiger partial charge is 0.149 e. The molecule has 0 N–H and O–H groups in total. The number of thiophene rings is 1. The van der Waals surface area contributed by atoms with Gasteiger partial charge in [0.15, 0.2) is 0 Å². The van der Waals surface area contributed by atoms with E-state index in [0.29, 0.717) is 0 Å². The lowest BCUT2D eigenvalue weighted by atomic mass is 10.00. The standard InChI is InChI=1S/C9H10S.C2H6/c1-2-10-9-5-8-4-7(8)3-6(1)9;1-2/h1-2,7-8H,3-5H2;1-2H3. The molecule has 0 bridgehead atoms. The van der Waals surface area contributed by atoms with Crippen molar-refractivity contribution in [3.05, 3.63) is 21.9 Å². The molecule has 12 heavy (non-hydrogen) atoms. The van der Waals surface area contributed by atoms with E-state index in [-0.39, 0.29) is 0 Å². The predicted octanol–water partition coefficient (Wildman–Crippen LogP) is 3.51. The fraction of sp³-hybridized carbons (Fsp3) is 0.636. The minimum Gasteiger partial charge on any atom is -0.149 e. The van der Waals surface area contributed by atoms with Crippen LogP contribution < -0.4 is 0 Å². The Morgan fingerprint density at radius 3 is 2.83 bits per heavy atom. The highest BCUT2D eigenvalue weighted by Crippen LogP contribution is 2.48. The predicted molar refractivity (Wildman–Crippen MR) is 54.7 cm³/mol. The van der Waals surface area contributed by atoms with Crippen molar-refractivity contribution in [2.45, 2.75) is 33.1 Å². The Morgan fingerprint density at radius 2 is 2.00 bits per heavy atom. The van der Waals surface area contributed by atoms with E-state index in [1.54, 1.807) is 10.4 Å². The van der Waals surface area contributed by atoms with Crippen molar-refractivity contribution >= 4 is 11.3 Å². The van der Waals surface area contributed by atoms with Crippen molar-refractivity contribution in [3.63, 3.8) is 0 Å². The van der Waals surface area contributed by atoms with Gasteiger partial charge in [-0.3, -0.25) is 0 Å². The van der Waals surface area contributed by atoms with Crippen LogP contribution in [0.4, 0.5) is 0 Å². The summed E-state index contributed by atoms with van der Waals surface area (Å²) < 4.78 is 0. The summed E-state index contributed by atoms with van der Waals surface area (Å²) in [5, 5.41) is 2.25. The molecule has 0 radical (unpaired) electrons. The molecule has 1 heterocycles. The molecular formula is C11H16S. The zero-order valence-electron chi connectivity index (χ0n) is 7.84. The van der Waals surface area contributed by atoms with E-state index >= 15 is 0 Å². The molecule has 2 aliphatic carbocycles. The quantitative estimate of drug-likeness (QED) is 0.573. The van der Waals surface area contributed by atoms with Gasteiger partial charge in [0.25, 0.3) is 0 Å². The summed E-state index contributed by atoms with van der Waals surface area (Å²) in [7, 11) is 0. The van der Waals surface area contributed by atoms with Crippen LogP contribution in [0, 0.1) is 11.8 Å². The van der Waals surface area contributed by atoms with Crippen molar-refractivity contribution in [2.24, 2.45) is 11.8 Å². The highest BCUT2D eigenvalue weighted by atomic mass is 32.1. The highest BCUT2D eigenvalue weighted by Gasteiger charge is 2.40. The van der Waals surface area contributed by atoms with E-state index in [1.165, 1.54) is 19.3 Å². The molecule has 1 aromatic heterocycles. The molecule has 1 aromatic rings. The molecule has 2 unspecified atom stereocenters. The lowest BCUT2D eigenvalue weighted by molar-refractivity contribution is 0.659. The minimum atomic E-state index is 1.09. The SMILES string of the molecule is CC.c1cc2c(s1)CC1CC1C2. The molecule has 0 nitrogen and oxygen atoms in total. The topological polar surface area (TPSA) is 0 Å². The van der Waals surface area contributed by atoms with Crippen LogP contribution in [-0.2, 0) is 12.8 Å². The molecule has 3 rings (SSSR count). The number of hydrogen-bond donors (Lipinski definition) is 0. The molecule has 2 aliphatic rings. The van der Waals surface area contributed by atoms with Crippen molar-refractivity contribution in [3.8, 4) is 0 Å². The van der Waals surface area contributed by atoms with E-state index in [9.17, 15) is 0 Å². The van der Waals surface area contributed by atoms with Crippen molar-refractivity contribution in [1.82, 2.24) is 0 Å². The number of fused-ring (bicyclic) bond motifs is 2. The van der Waals surface area contributed by atoms with Crippen LogP contribution in [0.15, 0.2) is 11.4 Å². The van der Waals surface area contributed by atoms with Gasteiger partial charge in [-0.2, -0.15) is 0 Å². The molecule has 0 amide bonds. The molecular weight excluding hydrogens is 164 g/mol. The summed E-state index contributed by atoms with van der Waals surface area (Å²) in [5.74, 6) is 2.17. The first kappa shape index (κ1) is 8.31. The normalized spacial score (nSPS) is 29.5. The van der Waals surface area contributed by atoms with Crippen LogP contribution in [0.25, 0.3) is 0 Å². The molecule has 66 valence electrons. The van der Waals surface area contributed by atoms with Gasteiger partial charge in [0.05, 0.1) is 0 Å². The third-order valence-corrected chi connectivity index (χ3v) is 3.82. The first-order valence-corrected chi connectivity index (χ1v) is 5.86. The van der Waals surface area contributed by atoms with Crippen LogP contribution in [-0.4, -0.2) is 0 Å². The van der Waals surface area contributed by atoms with Gasteiger partial charge >= 0.3 is 0 Å². The van der Waals surface area contributed by atoms with E-state index in [0.717, 1.165) is 11.8 Å². The third kappa shape index (κ3) is 1.31. The van der Waals surface area contributed by atoms with Gasteiger partial charge in [0, 0.05) is 4.88 Å². The second-order valence-corrected chi connectivity index (χ2v) is 4.53. The summed E-state index contributed by atoms with van der Waals surface area (Å²) in [5.41, 5.74) is 1.66. The maximum Gasteiger partial charge on any atom is 0.00801 e. The molecule has 1 fully saturated rings. The zero-order valence-corrected chi connectivity index (χ0v) is 8.66. The van der Waals surface area contributed by atoms with Gasteiger partial charge in [-0.05, 0) is 48.1 Å². The number of rotatable bonds is 0. The summed E-state index contributed by atoms with van der Waals surface area (Å²) in [6.07, 6.45) is 4.31. The molecule has 0 aliphatic heterocycles. The first-order valence-electron chi connectivity index (χ1n) is 4.99. The van der Waals surface area contributed by atoms with Crippen LogP contribution in [0.1, 0.15) is 30.7 Å². The molecule has 0 saturated heterocycles. The lowest BCUT2D eigenvalue weighted by Gasteiger charge is -2.08. The van der Waals surface area contributed by atoms with Crippen LogP contribution in [0.5, 0.6) is 0 Å². The Bertz CT molecular complexity index is 237. The zero-order chi connectivity index (χ0) is 8.55. The lowest BCUT2D eigenvalue weighted by Crippen LogP contribution is -2.00. The summed E-state index contributed by atoms with van der Waals surface area (Å²) in [6, 6.07) is 2.31. The smallest absolute Gasteiger partial charge is 0.00801 e. The minimum absolute atomic E-state index is 1.09. The van der Waals surface area contributed by atoms with Gasteiger partial charge in [0.1, 0.15) is 0 Å². The Labute approximate surface area is 78.6 Å². The maximum atomic E-state index is 2.31. The molecule has 0 spiro atoms. The van der Waals surface area contributed by atoms with E-state index in [4.69, 9.17) is 0 Å². The second-order valence-electron chi connectivity index (χ2n) is 3.53. The van der Waals surface area contributed by atoms with E-state index in [2.05, 4.69) is 11.4 Å². The molecule has 1 saturated carbocycles. The highest BCUT2D eigenvalue weighted by molar-refractivity contribution is 7.10. The van der Waals surface area contributed by atoms with Crippen molar-refractivity contribution < 1.29 is 0 Å². The molecule has 1 heteroatoms. The van der Waals surface area contributed by atoms with Crippen LogP contribution in [0.2, 0.25) is 0 Å². The van der Waals surface area contributed by atoms with E-state index in [1.807, 2.05) is 25.2 Å². The second kappa shape index (κ2) is 3.21. The van der Waals surface area contributed by atoms with Crippen molar-refractivity contribution in [1.29, 1.82) is 0 Å². The fourth-order valence-electron chi connectivity index (χ4n) is 2.06. The van der Waals surface area contributed by atoms with Crippen LogP contribution in [0.3, 0.4) is 0 Å². The fourth-order valence-corrected chi connectivity index (χ4v) is 3.07. The van der Waals surface area contributed by atoms with Gasteiger partial charge in [0.2, 0.25) is 0 Å². The Kier molecular flexibility index (Phi) is 2.22. The van der Waals surface area contributed by atoms with Gasteiger partial charge in [-0.15, -0.1) is 11.3 Å². The van der Waals surface area contributed by atoms with Crippen LogP contribution >= 0.6 is 11.3 Å². The van der Waals surface area contributed by atoms with Gasteiger partial charge in [-0.1, -0.05) is 13.8 Å². The maximum absolute atomic E-state index is 2.31. The first-order chi connectivity index (χ1) is 5.93. The third-order valence-electron chi connectivity index (χ3n) is 2.84. The number of hydrogen-bond acceptors (Lipinski definition) is 1. The Balaban J connectivity index is 0.000000264. The summed E-state index contributed by atoms with van der Waals surface area (Å²) in [4.78, 5) is 1.68. The van der Waals surface area contributed by atoms with E-state index < -0.39 is 0 Å². The Morgan fingerprint density at radius 1 is 1.25 bits per heavy atom. The summed E-state index contributed by atoms with van der Waals surface area (Å²) in [6.45, 7) is 4.00. The van der Waals surface area contributed by atoms with Gasteiger partial charge < -0.3 is 0 Å². The average Bonchev–Trinajstić information content (AvgIpc) is 2.72. The monoisotopic (exact) mass is 180 g/mol. The van der Waals surface area contributed by atoms with Gasteiger partial charge in [-0.25, -0.2) is 0 Å². The molecule has 0 aromatic carbocycles. The Hall–Kier alpha value is -0.300. The summed E-state index contributed by atoms with van der Waals surface area (Å²) >= 11 is 1.96.